The molecule has 3 N–H and O–H groups in total. The first kappa shape index (κ1) is 14.9. The van der Waals surface area contributed by atoms with Crippen LogP contribution in [-0.2, 0) is 9.53 Å². The highest BCUT2D eigenvalue weighted by molar-refractivity contribution is 5.77. The second kappa shape index (κ2) is 9.48. The Morgan fingerprint density at radius 1 is 1.38 bits per heavy atom. The van der Waals surface area contributed by atoms with E-state index in [4.69, 9.17) is 10.6 Å². The van der Waals surface area contributed by atoms with E-state index in [9.17, 15) is 4.79 Å². The minimum absolute atomic E-state index is 0.00926. The quantitative estimate of drug-likeness (QED) is 0.395. The maximum atomic E-state index is 10.3. The van der Waals surface area contributed by atoms with Gasteiger partial charge in [-0.15, -0.1) is 0 Å². The fraction of sp³-hybridized carbons (Fsp3) is 0.889. The fourth-order valence-corrected chi connectivity index (χ4v) is 0.500. The van der Waals surface area contributed by atoms with E-state index in [-0.39, 0.29) is 11.8 Å². The molecule has 4 nitrogen and oxygen atoms in total. The molecule has 0 aliphatic carbocycles. The molecule has 0 unspecified atom stereocenters. The van der Waals surface area contributed by atoms with E-state index < -0.39 is 0 Å². The number of hydrazine groups is 1. The molecular weight excluding hydrogens is 168 g/mol. The Morgan fingerprint density at radius 3 is 1.85 bits per heavy atom. The van der Waals surface area contributed by atoms with Crippen LogP contribution in [0.15, 0.2) is 0 Å². The molecular formula is C9H22N2O2. The Kier molecular flexibility index (Phi) is 10.9. The van der Waals surface area contributed by atoms with Gasteiger partial charge in [-0.1, -0.05) is 27.7 Å². The molecule has 80 valence electrons. The average molecular weight is 190 g/mol. The lowest BCUT2D eigenvalue weighted by molar-refractivity contribution is -0.124. The van der Waals surface area contributed by atoms with Gasteiger partial charge in [-0.3, -0.25) is 10.2 Å². The fourth-order valence-electron chi connectivity index (χ4n) is 0.500. The van der Waals surface area contributed by atoms with E-state index >= 15 is 0 Å². The Balaban J connectivity index is 0. The SMILES string of the molecule is CC(C)C(=O)NN.COCC(C)C. The van der Waals surface area contributed by atoms with Gasteiger partial charge in [-0.25, -0.2) is 5.84 Å². The van der Waals surface area contributed by atoms with Crippen LogP contribution < -0.4 is 11.3 Å². The van der Waals surface area contributed by atoms with Crippen molar-refractivity contribution in [3.8, 4) is 0 Å². The third-order valence-corrected chi connectivity index (χ3v) is 1.17. The van der Waals surface area contributed by atoms with Crippen molar-refractivity contribution in [2.45, 2.75) is 27.7 Å². The Labute approximate surface area is 80.8 Å². The van der Waals surface area contributed by atoms with E-state index in [1.54, 1.807) is 21.0 Å². The number of nitrogens with two attached hydrogens (primary N) is 1. The maximum Gasteiger partial charge on any atom is 0.236 e. The molecule has 0 atom stereocenters. The molecule has 0 fully saturated rings. The van der Waals surface area contributed by atoms with Crippen molar-refractivity contribution in [2.24, 2.45) is 17.7 Å². The predicted octanol–water partition coefficient (Wildman–Crippen LogP) is 0.921. The first-order chi connectivity index (χ1) is 5.95. The smallest absolute Gasteiger partial charge is 0.236 e. The van der Waals surface area contributed by atoms with Gasteiger partial charge in [0.1, 0.15) is 0 Å². The molecule has 0 radical (unpaired) electrons. The normalized spacial score (nSPS) is 9.54. The van der Waals surface area contributed by atoms with E-state index in [1.165, 1.54) is 0 Å². The molecule has 13 heavy (non-hydrogen) atoms. The lowest BCUT2D eigenvalue weighted by Crippen LogP contribution is -2.33. The Hall–Kier alpha value is -0.610. The number of amides is 1. The molecule has 1 amide bonds. The summed E-state index contributed by atoms with van der Waals surface area (Å²) in [5.74, 6) is 5.32. The van der Waals surface area contributed by atoms with Gasteiger partial charge >= 0.3 is 0 Å². The summed E-state index contributed by atoms with van der Waals surface area (Å²) >= 11 is 0. The molecule has 0 heterocycles. The van der Waals surface area contributed by atoms with Gasteiger partial charge in [0, 0.05) is 19.6 Å². The number of carbonyl (C=O) groups excluding carboxylic acids is 1. The van der Waals surface area contributed by atoms with Gasteiger partial charge in [0.25, 0.3) is 0 Å². The topological polar surface area (TPSA) is 64.4 Å². The lowest BCUT2D eigenvalue weighted by atomic mass is 10.2. The van der Waals surface area contributed by atoms with Gasteiger partial charge in [-0.2, -0.15) is 0 Å². The van der Waals surface area contributed by atoms with Crippen molar-refractivity contribution in [2.75, 3.05) is 13.7 Å². The van der Waals surface area contributed by atoms with Crippen molar-refractivity contribution in [1.29, 1.82) is 0 Å². The van der Waals surface area contributed by atoms with Gasteiger partial charge in [0.05, 0.1) is 0 Å². The minimum Gasteiger partial charge on any atom is -0.384 e. The zero-order valence-electron chi connectivity index (χ0n) is 9.26. The van der Waals surface area contributed by atoms with Crippen molar-refractivity contribution in [3.05, 3.63) is 0 Å². The van der Waals surface area contributed by atoms with Crippen LogP contribution >= 0.6 is 0 Å². The predicted molar refractivity (Wildman–Crippen MR) is 53.9 cm³/mol. The van der Waals surface area contributed by atoms with Crippen LogP contribution in [0.4, 0.5) is 0 Å². The summed E-state index contributed by atoms with van der Waals surface area (Å²) < 4.78 is 4.80. The number of methoxy groups -OCH3 is 1. The highest BCUT2D eigenvalue weighted by Crippen LogP contribution is 1.88. The summed E-state index contributed by atoms with van der Waals surface area (Å²) in [6.45, 7) is 8.69. The van der Waals surface area contributed by atoms with Crippen LogP contribution in [0.1, 0.15) is 27.7 Å². The number of rotatable bonds is 3. The van der Waals surface area contributed by atoms with Gasteiger partial charge < -0.3 is 4.74 Å². The molecule has 0 aromatic carbocycles. The molecule has 0 saturated carbocycles. The molecule has 4 heteroatoms. The molecule has 0 aliphatic rings. The third kappa shape index (κ3) is 14.3. The summed E-state index contributed by atoms with van der Waals surface area (Å²) in [7, 11) is 1.72. The molecule has 0 spiro atoms. The van der Waals surface area contributed by atoms with E-state index in [2.05, 4.69) is 13.8 Å². The maximum absolute atomic E-state index is 10.3. The van der Waals surface area contributed by atoms with Crippen LogP contribution in [0, 0.1) is 11.8 Å². The summed E-state index contributed by atoms with van der Waals surface area (Å²) in [5, 5.41) is 0. The number of hydrogen-bond acceptors (Lipinski definition) is 3. The zero-order chi connectivity index (χ0) is 10.9. The van der Waals surface area contributed by atoms with E-state index in [0.29, 0.717) is 5.92 Å². The summed E-state index contributed by atoms with van der Waals surface area (Å²) in [4.78, 5) is 10.3. The molecule has 0 saturated heterocycles. The number of nitrogens with one attached hydrogen (secondary N) is 1. The van der Waals surface area contributed by atoms with Crippen LogP contribution in [0.2, 0.25) is 0 Å². The van der Waals surface area contributed by atoms with Crippen LogP contribution in [-0.4, -0.2) is 19.6 Å². The number of carbonyl (C=O) groups is 1. The van der Waals surface area contributed by atoms with E-state index in [0.717, 1.165) is 6.61 Å². The number of ether oxygens (including phenoxy) is 1. The number of hydrogen-bond donors (Lipinski definition) is 2. The van der Waals surface area contributed by atoms with Crippen molar-refractivity contribution in [3.63, 3.8) is 0 Å². The zero-order valence-corrected chi connectivity index (χ0v) is 9.26. The summed E-state index contributed by atoms with van der Waals surface area (Å²) in [6, 6.07) is 0. The highest BCUT2D eigenvalue weighted by atomic mass is 16.5. The third-order valence-electron chi connectivity index (χ3n) is 1.17. The van der Waals surface area contributed by atoms with Gasteiger partial charge in [0.2, 0.25) is 5.91 Å². The van der Waals surface area contributed by atoms with E-state index in [1.807, 2.05) is 5.43 Å². The summed E-state index contributed by atoms with van der Waals surface area (Å²) in [6.07, 6.45) is 0. The van der Waals surface area contributed by atoms with Crippen molar-refractivity contribution >= 4 is 5.91 Å². The molecule has 0 aromatic heterocycles. The monoisotopic (exact) mass is 190 g/mol. The average Bonchev–Trinajstić information content (AvgIpc) is 2.03. The molecule has 0 rings (SSSR count). The summed E-state index contributed by atoms with van der Waals surface area (Å²) in [5.41, 5.74) is 2.03. The van der Waals surface area contributed by atoms with Gasteiger partial charge in [0.15, 0.2) is 0 Å². The minimum atomic E-state index is -0.125. The van der Waals surface area contributed by atoms with Crippen LogP contribution in [0.3, 0.4) is 0 Å². The lowest BCUT2D eigenvalue weighted by Gasteiger charge is -1.98. The van der Waals surface area contributed by atoms with Gasteiger partial charge in [-0.05, 0) is 5.92 Å². The largest absolute Gasteiger partial charge is 0.384 e. The molecule has 0 bridgehead atoms. The highest BCUT2D eigenvalue weighted by Gasteiger charge is 2.00. The van der Waals surface area contributed by atoms with Crippen molar-refractivity contribution < 1.29 is 9.53 Å². The van der Waals surface area contributed by atoms with Crippen LogP contribution in [0.25, 0.3) is 0 Å². The second-order valence-corrected chi connectivity index (χ2v) is 3.51. The first-order valence-corrected chi connectivity index (χ1v) is 4.45. The Morgan fingerprint density at radius 2 is 1.85 bits per heavy atom. The van der Waals surface area contributed by atoms with Crippen molar-refractivity contribution in [1.82, 2.24) is 5.43 Å². The standard InChI is InChI=1S/C5H12O.C4H10N2O/c1-5(2)4-6-3;1-3(2)4(7)6-5/h5H,4H2,1-3H3;3H,5H2,1-2H3,(H,6,7). The second-order valence-electron chi connectivity index (χ2n) is 3.51. The van der Waals surface area contributed by atoms with Crippen LogP contribution in [0.5, 0.6) is 0 Å². The first-order valence-electron chi connectivity index (χ1n) is 4.45. The Bertz CT molecular complexity index is 125. The molecule has 0 aromatic rings. The molecule has 0 aliphatic heterocycles.